The van der Waals surface area contributed by atoms with Gasteiger partial charge in [0.2, 0.25) is 0 Å². The number of rotatable bonds is 8. The molecule has 61 heavy (non-hydrogen) atoms. The highest BCUT2D eigenvalue weighted by Gasteiger charge is 2.18. The van der Waals surface area contributed by atoms with Gasteiger partial charge in [-0.2, -0.15) is 0 Å². The van der Waals surface area contributed by atoms with Crippen molar-refractivity contribution in [1.82, 2.24) is 19.5 Å². The van der Waals surface area contributed by atoms with E-state index in [1.54, 1.807) is 0 Å². The van der Waals surface area contributed by atoms with Crippen molar-refractivity contribution >= 4 is 21.8 Å². The number of benzene rings is 9. The average molecular weight is 783 g/mol. The lowest BCUT2D eigenvalue weighted by Crippen LogP contribution is -2.00. The molecule has 0 aliphatic heterocycles. The van der Waals surface area contributed by atoms with Crippen LogP contribution in [0.2, 0.25) is 0 Å². The second-order valence-corrected chi connectivity index (χ2v) is 14.9. The van der Waals surface area contributed by atoms with Crippen molar-refractivity contribution in [3.8, 4) is 84.4 Å². The van der Waals surface area contributed by atoms with E-state index in [-0.39, 0.29) is 24.2 Å². The van der Waals surface area contributed by atoms with E-state index in [9.17, 15) is 1.37 Å². The molecular weight excluding hydrogens is 741 g/mol. The third-order valence-electron chi connectivity index (χ3n) is 11.2. The number of fused-ring (bicyclic) bond motifs is 3. The molecule has 0 bridgehead atoms. The molecule has 0 atom stereocenters. The smallest absolute Gasteiger partial charge is 0.164 e. The van der Waals surface area contributed by atoms with Crippen LogP contribution in [0, 0.1) is 0 Å². The van der Waals surface area contributed by atoms with E-state index in [0.717, 1.165) is 77.8 Å². The number of para-hydroxylation sites is 2. The maximum atomic E-state index is 9.18. The summed E-state index contributed by atoms with van der Waals surface area (Å²) < 4.78 is 37.5. The summed E-state index contributed by atoms with van der Waals surface area (Å²) in [6.07, 6.45) is 0. The van der Waals surface area contributed by atoms with Gasteiger partial charge in [-0.3, -0.25) is 0 Å². The first-order chi connectivity index (χ1) is 31.9. The Labute approximate surface area is 360 Å². The van der Waals surface area contributed by atoms with Gasteiger partial charge in [-0.25, -0.2) is 15.0 Å². The fraction of sp³-hybridized carbons (Fsp3) is 0. The quantitative estimate of drug-likeness (QED) is 0.154. The molecule has 0 aliphatic carbocycles. The molecule has 4 nitrogen and oxygen atoms in total. The zero-order valence-electron chi connectivity index (χ0n) is 36.9. The summed E-state index contributed by atoms with van der Waals surface area (Å²) in [7, 11) is 0. The summed E-state index contributed by atoms with van der Waals surface area (Å²) in [5.41, 5.74) is 13.0. The molecule has 0 unspecified atom stereocenters. The van der Waals surface area contributed by atoms with Gasteiger partial charge in [0.25, 0.3) is 0 Å². The van der Waals surface area contributed by atoms with Gasteiger partial charge in [-0.1, -0.05) is 206 Å². The maximum Gasteiger partial charge on any atom is 0.164 e. The predicted molar refractivity (Wildman–Crippen MR) is 252 cm³/mol. The van der Waals surface area contributed by atoms with Gasteiger partial charge in [0.1, 0.15) is 0 Å². The lowest BCUT2D eigenvalue weighted by atomic mass is 9.97. The van der Waals surface area contributed by atoms with Gasteiger partial charge in [-0.05, 0) is 63.2 Å². The Bertz CT molecular complexity index is 3540. The Morgan fingerprint density at radius 2 is 0.738 bits per heavy atom. The van der Waals surface area contributed by atoms with Crippen LogP contribution in [0.5, 0.6) is 0 Å². The molecule has 11 aromatic rings. The predicted octanol–water partition coefficient (Wildman–Crippen LogP) is 14.6. The van der Waals surface area contributed by atoms with Crippen LogP contribution in [0.25, 0.3) is 106 Å². The van der Waals surface area contributed by atoms with Crippen LogP contribution < -0.4 is 0 Å². The van der Waals surface area contributed by atoms with Crippen molar-refractivity contribution in [3.05, 3.63) is 230 Å². The van der Waals surface area contributed by atoms with E-state index >= 15 is 0 Å². The third-order valence-corrected chi connectivity index (χ3v) is 11.2. The van der Waals surface area contributed by atoms with Gasteiger partial charge >= 0.3 is 0 Å². The Balaban J connectivity index is 0.978. The summed E-state index contributed by atoms with van der Waals surface area (Å²) in [4.78, 5) is 14.9. The lowest BCUT2D eigenvalue weighted by molar-refractivity contribution is 1.07. The monoisotopic (exact) mass is 782 g/mol. The molecule has 0 saturated carbocycles. The van der Waals surface area contributed by atoms with E-state index in [2.05, 4.69) is 97.1 Å². The van der Waals surface area contributed by atoms with Crippen molar-refractivity contribution in [2.24, 2.45) is 0 Å². The highest BCUT2D eigenvalue weighted by molar-refractivity contribution is 6.14. The molecule has 4 heteroatoms. The number of hydrogen-bond donors (Lipinski definition) is 0. The molecule has 2 aromatic heterocycles. The first-order valence-electron chi connectivity index (χ1n) is 22.3. The molecular formula is C57H38N4. The largest absolute Gasteiger partial charge is 0.309 e. The van der Waals surface area contributed by atoms with E-state index in [1.165, 1.54) is 0 Å². The molecule has 0 aliphatic rings. The Kier molecular flexibility index (Phi) is 8.07. The van der Waals surface area contributed by atoms with E-state index < -0.39 is 0 Å². The van der Waals surface area contributed by atoms with Crippen LogP contribution >= 0.6 is 0 Å². The first kappa shape index (κ1) is 31.7. The first-order valence-corrected chi connectivity index (χ1v) is 20.3. The minimum atomic E-state index is -0.266. The summed E-state index contributed by atoms with van der Waals surface area (Å²) in [5.74, 6) is 1.76. The number of hydrogen-bond acceptors (Lipinski definition) is 3. The van der Waals surface area contributed by atoms with Crippen molar-refractivity contribution in [3.63, 3.8) is 0 Å². The second kappa shape index (κ2) is 15.5. The molecule has 0 N–H and O–H groups in total. The topological polar surface area (TPSA) is 43.6 Å². The van der Waals surface area contributed by atoms with Crippen LogP contribution in [-0.2, 0) is 0 Å². The van der Waals surface area contributed by atoms with Crippen molar-refractivity contribution in [2.75, 3.05) is 0 Å². The standard InChI is InChI=1S/C57H38N4/c1-4-14-39(15-5-1)41-26-30-45(31-27-41)56-58-55(44-18-8-3-9-19-44)59-57(60-56)46-32-28-42(29-33-46)43-34-36-49(37-35-43)61-53-25-11-10-22-51(53)52-24-13-23-50(54(52)61)48-21-12-20-47(38-48)40-16-6-2-7-17-40/h1-38H/i10D,11D,22D,25D. The Hall–Kier alpha value is -8.21. The molecule has 0 fully saturated rings. The highest BCUT2D eigenvalue weighted by atomic mass is 15.0. The minimum Gasteiger partial charge on any atom is -0.309 e. The van der Waals surface area contributed by atoms with Crippen LogP contribution in [0.1, 0.15) is 5.48 Å². The van der Waals surface area contributed by atoms with Crippen molar-refractivity contribution in [2.45, 2.75) is 0 Å². The van der Waals surface area contributed by atoms with Gasteiger partial charge < -0.3 is 4.57 Å². The van der Waals surface area contributed by atoms with Crippen LogP contribution in [-0.4, -0.2) is 19.5 Å². The second-order valence-electron chi connectivity index (χ2n) is 14.9. The molecule has 286 valence electrons. The zero-order valence-corrected chi connectivity index (χ0v) is 32.9. The van der Waals surface area contributed by atoms with Gasteiger partial charge in [0.05, 0.1) is 16.5 Å². The molecule has 0 saturated heterocycles. The zero-order chi connectivity index (χ0) is 44.0. The van der Waals surface area contributed by atoms with Crippen molar-refractivity contribution < 1.29 is 5.48 Å². The molecule has 9 aromatic carbocycles. The fourth-order valence-corrected chi connectivity index (χ4v) is 8.16. The lowest BCUT2D eigenvalue weighted by Gasteiger charge is -2.13. The third kappa shape index (κ3) is 6.86. The SMILES string of the molecule is [2H]c1c([2H])c([2H])c2c(c1[2H])c1cccc(-c3cccc(-c4ccccc4)c3)c1n2-c1ccc(-c2ccc(-c3nc(-c4ccccc4)nc(-c4ccc(-c5ccccc5)cc4)n3)cc2)cc1. The molecule has 0 amide bonds. The summed E-state index contributed by atoms with van der Waals surface area (Å²) in [6, 6.07) is 68.9. The molecule has 2 heterocycles. The van der Waals surface area contributed by atoms with E-state index in [4.69, 9.17) is 19.1 Å². The van der Waals surface area contributed by atoms with E-state index in [0.29, 0.717) is 28.4 Å². The fourth-order valence-electron chi connectivity index (χ4n) is 8.16. The average Bonchev–Trinajstić information content (AvgIpc) is 3.74. The van der Waals surface area contributed by atoms with Crippen molar-refractivity contribution in [1.29, 1.82) is 0 Å². The normalized spacial score (nSPS) is 12.2. The van der Waals surface area contributed by atoms with Gasteiger partial charge in [-0.15, -0.1) is 0 Å². The molecule has 11 rings (SSSR count). The van der Waals surface area contributed by atoms with Crippen LogP contribution in [0.4, 0.5) is 0 Å². The Morgan fingerprint density at radius 3 is 1.31 bits per heavy atom. The highest BCUT2D eigenvalue weighted by Crippen LogP contribution is 2.39. The van der Waals surface area contributed by atoms with Gasteiger partial charge in [0.15, 0.2) is 17.5 Å². The van der Waals surface area contributed by atoms with E-state index in [1.807, 2.05) is 114 Å². The van der Waals surface area contributed by atoms with Crippen LogP contribution in [0.15, 0.2) is 230 Å². The molecule has 0 spiro atoms. The molecule has 0 radical (unpaired) electrons. The minimum absolute atomic E-state index is 0.0567. The number of nitrogens with zero attached hydrogens (tertiary/aromatic N) is 4. The van der Waals surface area contributed by atoms with Gasteiger partial charge in [0, 0.05) is 38.7 Å². The number of aromatic nitrogens is 4. The summed E-state index contributed by atoms with van der Waals surface area (Å²) in [6.45, 7) is 0. The van der Waals surface area contributed by atoms with Crippen LogP contribution in [0.3, 0.4) is 0 Å². The summed E-state index contributed by atoms with van der Waals surface area (Å²) in [5, 5.41) is 1.25. The maximum absolute atomic E-state index is 9.18. The summed E-state index contributed by atoms with van der Waals surface area (Å²) >= 11 is 0. The Morgan fingerprint density at radius 1 is 0.328 bits per heavy atom.